The average Bonchev–Trinajstić information content (AvgIpc) is 2.58. The molecule has 0 aliphatic heterocycles. The van der Waals surface area contributed by atoms with Gasteiger partial charge in [-0.1, -0.05) is 18.6 Å². The van der Waals surface area contributed by atoms with Gasteiger partial charge in [0.2, 0.25) is 0 Å². The van der Waals surface area contributed by atoms with Crippen molar-refractivity contribution in [3.63, 3.8) is 0 Å². The van der Waals surface area contributed by atoms with Crippen LogP contribution in [0, 0.1) is 0 Å². The van der Waals surface area contributed by atoms with Crippen molar-refractivity contribution in [1.82, 2.24) is 0 Å². The summed E-state index contributed by atoms with van der Waals surface area (Å²) in [7, 11) is 0. The Kier molecular flexibility index (Phi) is 8.21. The predicted molar refractivity (Wildman–Crippen MR) is 107 cm³/mol. The second-order valence-corrected chi connectivity index (χ2v) is 8.35. The summed E-state index contributed by atoms with van der Waals surface area (Å²) in [5, 5.41) is 9.18. The maximum Gasteiger partial charge on any atom is 0.334 e. The van der Waals surface area contributed by atoms with E-state index in [1.165, 1.54) is 19.1 Å². The van der Waals surface area contributed by atoms with E-state index in [0.29, 0.717) is 24.0 Å². The monoisotopic (exact) mass is 392 g/mol. The molecule has 0 bridgehead atoms. The molecule has 1 rings (SSSR count). The van der Waals surface area contributed by atoms with Gasteiger partial charge in [0.25, 0.3) is 0 Å². The van der Waals surface area contributed by atoms with E-state index in [1.54, 1.807) is 40.7 Å². The first-order chi connectivity index (χ1) is 12.9. The summed E-state index contributed by atoms with van der Waals surface area (Å²) in [5.41, 5.74) is -0.620. The van der Waals surface area contributed by atoms with Gasteiger partial charge in [0.15, 0.2) is 0 Å². The molecule has 0 aromatic rings. The second kappa shape index (κ2) is 9.71. The molecule has 28 heavy (non-hydrogen) atoms. The predicted octanol–water partition coefficient (Wildman–Crippen LogP) is 4.50. The van der Waals surface area contributed by atoms with Crippen molar-refractivity contribution in [2.45, 2.75) is 84.8 Å². The first-order valence-corrected chi connectivity index (χ1v) is 9.60. The van der Waals surface area contributed by atoms with Gasteiger partial charge >= 0.3 is 17.9 Å². The summed E-state index contributed by atoms with van der Waals surface area (Å²) in [6.07, 6.45) is 8.58. The molecular weight excluding hydrogens is 360 g/mol. The lowest BCUT2D eigenvalue weighted by Crippen LogP contribution is -2.36. The number of rotatable bonds is 6. The highest BCUT2D eigenvalue weighted by molar-refractivity contribution is 5.91. The third kappa shape index (κ3) is 7.71. The number of carboxylic acid groups (broad SMARTS) is 1. The smallest absolute Gasteiger partial charge is 0.334 e. The van der Waals surface area contributed by atoms with E-state index in [4.69, 9.17) is 9.47 Å². The number of carbonyl (C=O) groups excluding carboxylic acids is 2. The minimum atomic E-state index is -1.02. The van der Waals surface area contributed by atoms with Crippen LogP contribution in [0.3, 0.4) is 0 Å². The first-order valence-electron chi connectivity index (χ1n) is 9.60. The number of esters is 2. The first kappa shape index (κ1) is 23.7. The zero-order chi connectivity index (χ0) is 21.5. The van der Waals surface area contributed by atoms with Crippen LogP contribution >= 0.6 is 0 Å². The average molecular weight is 392 g/mol. The van der Waals surface area contributed by atoms with Crippen LogP contribution in [0.5, 0.6) is 0 Å². The lowest BCUT2D eigenvalue weighted by Gasteiger charge is -2.34. The number of carbonyl (C=O) groups is 3. The summed E-state index contributed by atoms with van der Waals surface area (Å²) in [5.74, 6) is -2.00. The van der Waals surface area contributed by atoms with Crippen molar-refractivity contribution in [3.05, 3.63) is 34.9 Å². The Morgan fingerprint density at radius 2 is 1.36 bits per heavy atom. The molecule has 0 spiro atoms. The third-order valence-corrected chi connectivity index (χ3v) is 4.44. The van der Waals surface area contributed by atoms with Crippen molar-refractivity contribution in [1.29, 1.82) is 0 Å². The van der Waals surface area contributed by atoms with Crippen LogP contribution < -0.4 is 0 Å². The molecule has 6 heteroatoms. The SMILES string of the molecule is CC(=CC1(OC(=O)C(C)=CC=C(C)C(=O)OC(C)(C)C)CCCCC1)C(=O)O. The maximum absolute atomic E-state index is 12.6. The van der Waals surface area contributed by atoms with Gasteiger partial charge in [-0.3, -0.25) is 0 Å². The Morgan fingerprint density at radius 3 is 1.82 bits per heavy atom. The molecule has 1 N–H and O–H groups in total. The molecular formula is C22H32O6. The number of allylic oxidation sites excluding steroid dienone is 2. The quantitative estimate of drug-likeness (QED) is 0.407. The fourth-order valence-corrected chi connectivity index (χ4v) is 2.89. The second-order valence-electron chi connectivity index (χ2n) is 8.35. The number of aliphatic carboxylic acids is 1. The normalized spacial score (nSPS) is 18.4. The zero-order valence-corrected chi connectivity index (χ0v) is 17.8. The summed E-state index contributed by atoms with van der Waals surface area (Å²) in [4.78, 5) is 35.8. The molecule has 1 saturated carbocycles. The minimum absolute atomic E-state index is 0.164. The Bertz CT molecular complexity index is 697. The highest BCUT2D eigenvalue weighted by Crippen LogP contribution is 2.34. The van der Waals surface area contributed by atoms with Gasteiger partial charge < -0.3 is 14.6 Å². The number of hydrogen-bond acceptors (Lipinski definition) is 5. The van der Waals surface area contributed by atoms with E-state index < -0.39 is 29.1 Å². The van der Waals surface area contributed by atoms with Gasteiger partial charge in [-0.15, -0.1) is 0 Å². The molecule has 0 aromatic heterocycles. The maximum atomic E-state index is 12.6. The van der Waals surface area contributed by atoms with Crippen molar-refractivity contribution >= 4 is 17.9 Å². The van der Waals surface area contributed by atoms with Gasteiger partial charge in [-0.05, 0) is 73.3 Å². The summed E-state index contributed by atoms with van der Waals surface area (Å²) in [6, 6.07) is 0. The van der Waals surface area contributed by atoms with E-state index in [1.807, 2.05) is 0 Å². The fourth-order valence-electron chi connectivity index (χ4n) is 2.89. The molecule has 6 nitrogen and oxygen atoms in total. The number of carboxylic acids is 1. The van der Waals surface area contributed by atoms with Gasteiger partial charge in [-0.2, -0.15) is 0 Å². The van der Waals surface area contributed by atoms with Gasteiger partial charge in [-0.25, -0.2) is 14.4 Å². The topological polar surface area (TPSA) is 89.9 Å². The molecule has 1 aliphatic carbocycles. The van der Waals surface area contributed by atoms with Crippen molar-refractivity contribution in [2.75, 3.05) is 0 Å². The van der Waals surface area contributed by atoms with Gasteiger partial charge in [0, 0.05) is 16.7 Å². The molecule has 0 unspecified atom stereocenters. The molecule has 0 saturated heterocycles. The van der Waals surface area contributed by atoms with Crippen molar-refractivity contribution < 1.29 is 29.0 Å². The number of hydrogen-bond donors (Lipinski definition) is 1. The van der Waals surface area contributed by atoms with E-state index >= 15 is 0 Å². The van der Waals surface area contributed by atoms with Crippen LogP contribution in [0.15, 0.2) is 34.9 Å². The molecule has 0 heterocycles. The van der Waals surface area contributed by atoms with E-state index in [9.17, 15) is 19.5 Å². The Balaban J connectivity index is 2.94. The zero-order valence-electron chi connectivity index (χ0n) is 17.8. The summed E-state index contributed by atoms with van der Waals surface area (Å²) >= 11 is 0. The Hall–Kier alpha value is -2.37. The van der Waals surface area contributed by atoms with Crippen LogP contribution in [0.25, 0.3) is 0 Å². The highest BCUT2D eigenvalue weighted by atomic mass is 16.6. The standard InChI is InChI=1S/C22H32O6/c1-15(19(25)27-21(4,5)6)10-11-16(2)20(26)28-22(12-8-7-9-13-22)14-17(3)18(23)24/h10-11,14H,7-9,12-13H2,1-6H3,(H,23,24). The highest BCUT2D eigenvalue weighted by Gasteiger charge is 2.35. The molecule has 156 valence electrons. The summed E-state index contributed by atoms with van der Waals surface area (Å²) < 4.78 is 11.0. The van der Waals surface area contributed by atoms with Crippen LogP contribution in [0.4, 0.5) is 0 Å². The lowest BCUT2D eigenvalue weighted by atomic mass is 9.83. The Labute approximate surface area is 167 Å². The minimum Gasteiger partial charge on any atom is -0.478 e. The summed E-state index contributed by atoms with van der Waals surface area (Å²) in [6.45, 7) is 10.1. The van der Waals surface area contributed by atoms with E-state index in [-0.39, 0.29) is 5.57 Å². The molecule has 1 fully saturated rings. The lowest BCUT2D eigenvalue weighted by molar-refractivity contribution is -0.153. The van der Waals surface area contributed by atoms with Gasteiger partial charge in [0.1, 0.15) is 11.2 Å². The largest absolute Gasteiger partial charge is 0.478 e. The van der Waals surface area contributed by atoms with Crippen molar-refractivity contribution in [3.8, 4) is 0 Å². The van der Waals surface area contributed by atoms with E-state index in [2.05, 4.69) is 0 Å². The van der Waals surface area contributed by atoms with E-state index in [0.717, 1.165) is 19.3 Å². The van der Waals surface area contributed by atoms with Crippen molar-refractivity contribution in [2.24, 2.45) is 0 Å². The molecule has 0 radical (unpaired) electrons. The number of ether oxygens (including phenoxy) is 2. The van der Waals surface area contributed by atoms with Gasteiger partial charge in [0.05, 0.1) is 0 Å². The molecule has 0 aromatic carbocycles. The fraction of sp³-hybridized carbons (Fsp3) is 0.591. The van der Waals surface area contributed by atoms with Crippen LogP contribution in [-0.2, 0) is 23.9 Å². The third-order valence-electron chi connectivity index (χ3n) is 4.44. The molecule has 0 amide bonds. The molecule has 0 atom stereocenters. The molecule has 1 aliphatic rings. The van der Waals surface area contributed by atoms with Crippen LogP contribution in [0.1, 0.15) is 73.6 Å². The Morgan fingerprint density at radius 1 is 0.857 bits per heavy atom. The van der Waals surface area contributed by atoms with Crippen LogP contribution in [-0.4, -0.2) is 34.2 Å². The van der Waals surface area contributed by atoms with Crippen LogP contribution in [0.2, 0.25) is 0 Å².